The van der Waals surface area contributed by atoms with Crippen molar-refractivity contribution >= 4 is 13.4 Å². The molecule has 34 heavy (non-hydrogen) atoms. The molecule has 10 nitrogen and oxygen atoms in total. The summed E-state index contributed by atoms with van der Waals surface area (Å²) in [6.07, 6.45) is 6.25. The Morgan fingerprint density at radius 1 is 1.21 bits per heavy atom. The Balaban J connectivity index is 1.39. The molecule has 0 aliphatic carbocycles. The van der Waals surface area contributed by atoms with Crippen LogP contribution in [0.15, 0.2) is 71.5 Å². The fraction of sp³-hybridized carbons (Fsp3) is 0.182. The van der Waals surface area contributed by atoms with Crippen LogP contribution in [-0.2, 0) is 22.1 Å². The lowest BCUT2D eigenvalue weighted by atomic mass is 10.1. The summed E-state index contributed by atoms with van der Waals surface area (Å²) >= 11 is 0. The lowest BCUT2D eigenvalue weighted by Crippen LogP contribution is -2.41. The number of pyridine rings is 1. The number of ether oxygens (including phenoxy) is 1. The van der Waals surface area contributed by atoms with Gasteiger partial charge in [-0.2, -0.15) is 0 Å². The van der Waals surface area contributed by atoms with Crippen LogP contribution in [0.5, 0.6) is 5.88 Å². The molecule has 0 radical (unpaired) electrons. The molecule has 3 heterocycles. The molecule has 1 unspecified atom stereocenters. The van der Waals surface area contributed by atoms with Gasteiger partial charge in [0, 0.05) is 36.5 Å². The van der Waals surface area contributed by atoms with E-state index in [-0.39, 0.29) is 12.4 Å². The number of hydrogen-bond acceptors (Lipinski definition) is 8. The Morgan fingerprint density at radius 3 is 2.85 bits per heavy atom. The number of halogens is 1. The standard InChI is InChI=1S/C22H22FN4O6P/c23-17-4-1-3-16(9-17)13-31-21-11-15(6-7-25-21)10-18-12-20(33-26-18)19-5-2-8-27(22(19)24)14-32-34(28,29)30/h1-9,11-12,22H,10,13-14,24H2,(H2,28,29,30). The molecule has 0 fully saturated rings. The number of benzene rings is 1. The summed E-state index contributed by atoms with van der Waals surface area (Å²) < 4.78 is 39.9. The number of hydrogen-bond donors (Lipinski definition) is 3. The van der Waals surface area contributed by atoms with E-state index < -0.39 is 20.7 Å². The van der Waals surface area contributed by atoms with Gasteiger partial charge in [0.15, 0.2) is 5.76 Å². The highest BCUT2D eigenvalue weighted by Crippen LogP contribution is 2.36. The van der Waals surface area contributed by atoms with Gasteiger partial charge in [0.2, 0.25) is 5.88 Å². The zero-order valence-corrected chi connectivity index (χ0v) is 18.7. The van der Waals surface area contributed by atoms with Gasteiger partial charge in [-0.15, -0.1) is 0 Å². The molecule has 1 aliphatic rings. The molecule has 1 atom stereocenters. The summed E-state index contributed by atoms with van der Waals surface area (Å²) in [5.74, 6) is 0.489. The van der Waals surface area contributed by atoms with Gasteiger partial charge in [0.25, 0.3) is 0 Å². The molecule has 0 spiro atoms. The lowest BCUT2D eigenvalue weighted by Gasteiger charge is -2.30. The smallest absolute Gasteiger partial charge is 0.471 e. The predicted molar refractivity (Wildman–Crippen MR) is 119 cm³/mol. The van der Waals surface area contributed by atoms with Gasteiger partial charge in [0.1, 0.15) is 25.3 Å². The first-order valence-electron chi connectivity index (χ1n) is 10.1. The van der Waals surface area contributed by atoms with E-state index in [2.05, 4.69) is 14.7 Å². The molecule has 0 amide bonds. The fourth-order valence-electron chi connectivity index (χ4n) is 3.28. The molecule has 12 heteroatoms. The first-order chi connectivity index (χ1) is 16.3. The van der Waals surface area contributed by atoms with Crippen LogP contribution in [0.4, 0.5) is 4.39 Å². The molecular formula is C22H22FN4O6P. The zero-order valence-electron chi connectivity index (χ0n) is 17.8. The predicted octanol–water partition coefficient (Wildman–Crippen LogP) is 2.94. The number of phosphoric ester groups is 1. The normalized spacial score (nSPS) is 15.9. The van der Waals surface area contributed by atoms with Crippen molar-refractivity contribution in [2.45, 2.75) is 19.2 Å². The second-order valence-electron chi connectivity index (χ2n) is 7.45. The van der Waals surface area contributed by atoms with E-state index in [1.165, 1.54) is 17.0 Å². The van der Waals surface area contributed by atoms with Crippen molar-refractivity contribution in [1.29, 1.82) is 0 Å². The minimum Gasteiger partial charge on any atom is -0.473 e. The summed E-state index contributed by atoms with van der Waals surface area (Å²) in [6, 6.07) is 11.5. The maximum atomic E-state index is 13.3. The van der Waals surface area contributed by atoms with Crippen molar-refractivity contribution in [3.8, 4) is 5.88 Å². The molecule has 0 saturated carbocycles. The largest absolute Gasteiger partial charge is 0.473 e. The van der Waals surface area contributed by atoms with Crippen LogP contribution in [0.25, 0.3) is 5.57 Å². The summed E-state index contributed by atoms with van der Waals surface area (Å²) in [5, 5.41) is 4.09. The number of aromatic nitrogens is 2. The number of nitrogens with two attached hydrogens (primary N) is 1. The number of phosphoric acid groups is 1. The highest BCUT2D eigenvalue weighted by molar-refractivity contribution is 7.46. The SMILES string of the molecule is NC1C(c2cc(Cc3ccnc(OCc4cccc(F)c4)c3)no2)=CC=CN1COP(=O)(O)O. The van der Waals surface area contributed by atoms with Gasteiger partial charge in [-0.3, -0.25) is 4.52 Å². The van der Waals surface area contributed by atoms with Crippen LogP contribution < -0.4 is 10.5 Å². The second kappa shape index (κ2) is 10.3. The van der Waals surface area contributed by atoms with Crippen LogP contribution in [0.1, 0.15) is 22.6 Å². The van der Waals surface area contributed by atoms with E-state index in [1.807, 2.05) is 6.07 Å². The van der Waals surface area contributed by atoms with E-state index in [1.54, 1.807) is 48.8 Å². The van der Waals surface area contributed by atoms with E-state index in [0.29, 0.717) is 34.9 Å². The second-order valence-corrected chi connectivity index (χ2v) is 8.69. The molecule has 2 aromatic heterocycles. The van der Waals surface area contributed by atoms with Gasteiger partial charge in [-0.05, 0) is 35.4 Å². The van der Waals surface area contributed by atoms with Crippen molar-refractivity contribution in [3.05, 3.63) is 95.4 Å². The minimum absolute atomic E-state index is 0.185. The lowest BCUT2D eigenvalue weighted by molar-refractivity contribution is 0.110. The van der Waals surface area contributed by atoms with Gasteiger partial charge < -0.3 is 29.7 Å². The van der Waals surface area contributed by atoms with Gasteiger partial charge in [-0.25, -0.2) is 13.9 Å². The third kappa shape index (κ3) is 6.37. The van der Waals surface area contributed by atoms with E-state index in [4.69, 9.17) is 24.8 Å². The van der Waals surface area contributed by atoms with E-state index >= 15 is 0 Å². The molecule has 178 valence electrons. The van der Waals surface area contributed by atoms with Crippen molar-refractivity contribution in [2.24, 2.45) is 5.73 Å². The summed E-state index contributed by atoms with van der Waals surface area (Å²) in [6.45, 7) is -0.209. The number of rotatable bonds is 9. The Kier molecular flexibility index (Phi) is 7.20. The summed E-state index contributed by atoms with van der Waals surface area (Å²) in [4.78, 5) is 23.4. The zero-order chi connectivity index (χ0) is 24.1. The monoisotopic (exact) mass is 488 g/mol. The van der Waals surface area contributed by atoms with Gasteiger partial charge in [0.05, 0.1) is 5.69 Å². The van der Waals surface area contributed by atoms with Crippen LogP contribution in [0, 0.1) is 5.82 Å². The van der Waals surface area contributed by atoms with Crippen molar-refractivity contribution in [2.75, 3.05) is 6.73 Å². The highest BCUT2D eigenvalue weighted by Gasteiger charge is 2.25. The van der Waals surface area contributed by atoms with Gasteiger partial charge >= 0.3 is 7.82 Å². The van der Waals surface area contributed by atoms with E-state index in [0.717, 1.165) is 5.56 Å². The van der Waals surface area contributed by atoms with Crippen molar-refractivity contribution < 1.29 is 32.5 Å². The Morgan fingerprint density at radius 2 is 2.06 bits per heavy atom. The average molecular weight is 488 g/mol. The first-order valence-corrected chi connectivity index (χ1v) is 11.7. The topological polar surface area (TPSA) is 144 Å². The quantitative estimate of drug-likeness (QED) is 0.385. The summed E-state index contributed by atoms with van der Waals surface area (Å²) in [7, 11) is -4.63. The molecule has 4 rings (SSSR count). The van der Waals surface area contributed by atoms with Crippen LogP contribution >= 0.6 is 7.82 Å². The first kappa shape index (κ1) is 23.8. The molecule has 1 aliphatic heterocycles. The van der Waals surface area contributed by atoms with Crippen molar-refractivity contribution in [3.63, 3.8) is 0 Å². The Hall–Kier alpha value is -3.34. The van der Waals surface area contributed by atoms with Crippen LogP contribution in [0.2, 0.25) is 0 Å². The van der Waals surface area contributed by atoms with Crippen molar-refractivity contribution in [1.82, 2.24) is 15.0 Å². The fourth-order valence-corrected chi connectivity index (χ4v) is 3.57. The third-order valence-corrected chi connectivity index (χ3v) is 5.36. The van der Waals surface area contributed by atoms with Crippen LogP contribution in [0.3, 0.4) is 0 Å². The molecule has 3 aromatic rings. The number of nitrogens with zero attached hydrogens (tertiary/aromatic N) is 3. The molecule has 4 N–H and O–H groups in total. The molecule has 1 aromatic carbocycles. The minimum atomic E-state index is -4.63. The Labute approximate surface area is 194 Å². The molecule has 0 saturated heterocycles. The highest BCUT2D eigenvalue weighted by atomic mass is 31.2. The van der Waals surface area contributed by atoms with Gasteiger partial charge in [-0.1, -0.05) is 23.4 Å². The maximum absolute atomic E-state index is 13.3. The maximum Gasteiger partial charge on any atom is 0.471 e. The Bertz CT molecular complexity index is 1260. The number of allylic oxidation sites excluding steroid dienone is 2. The molecule has 0 bridgehead atoms. The van der Waals surface area contributed by atoms with Crippen LogP contribution in [-0.4, -0.2) is 37.7 Å². The third-order valence-electron chi connectivity index (χ3n) is 4.91. The summed E-state index contributed by atoms with van der Waals surface area (Å²) in [5.41, 5.74) is 8.98. The molecular weight excluding hydrogens is 466 g/mol. The average Bonchev–Trinajstić information content (AvgIpc) is 3.25. The van der Waals surface area contributed by atoms with E-state index in [9.17, 15) is 8.96 Å².